The van der Waals surface area contributed by atoms with Gasteiger partial charge in [-0.3, -0.25) is 9.69 Å². The molecule has 0 aromatic carbocycles. The number of hydrogen-bond acceptors (Lipinski definition) is 2. The van der Waals surface area contributed by atoms with E-state index in [-0.39, 0.29) is 5.78 Å². The van der Waals surface area contributed by atoms with Crippen molar-refractivity contribution in [2.45, 2.75) is 59.0 Å². The number of carbonyl (C=O) groups excluding carboxylic acids is 1. The number of rotatable bonds is 3. The van der Waals surface area contributed by atoms with Crippen molar-refractivity contribution in [2.24, 2.45) is 0 Å². The van der Waals surface area contributed by atoms with Gasteiger partial charge in [-0.15, -0.1) is 0 Å². The van der Waals surface area contributed by atoms with Gasteiger partial charge in [-0.2, -0.15) is 0 Å². The highest BCUT2D eigenvalue weighted by atomic mass is 16.1. The third-order valence-electron chi connectivity index (χ3n) is 4.15. The Morgan fingerprint density at radius 2 is 1.94 bits per heavy atom. The summed E-state index contributed by atoms with van der Waals surface area (Å²) in [5, 5.41) is 0. The molecule has 2 heterocycles. The molecule has 0 unspecified atom stereocenters. The number of ketones is 1. The predicted octanol–water partition coefficient (Wildman–Crippen LogP) is 3.08. The van der Waals surface area contributed by atoms with E-state index in [1.54, 1.807) is 0 Å². The van der Waals surface area contributed by atoms with Gasteiger partial charge in [0.05, 0.1) is 6.54 Å². The lowest BCUT2D eigenvalue weighted by atomic mass is 9.96. The van der Waals surface area contributed by atoms with Crippen molar-refractivity contribution in [3.63, 3.8) is 0 Å². The van der Waals surface area contributed by atoms with Crippen LogP contribution < -0.4 is 0 Å². The topological polar surface area (TPSA) is 36.1 Å². The zero-order valence-electron chi connectivity index (χ0n) is 11.9. The highest BCUT2D eigenvalue weighted by Gasteiger charge is 2.27. The summed E-state index contributed by atoms with van der Waals surface area (Å²) < 4.78 is 0. The zero-order chi connectivity index (χ0) is 13.3. The van der Waals surface area contributed by atoms with Gasteiger partial charge >= 0.3 is 0 Å². The van der Waals surface area contributed by atoms with E-state index in [9.17, 15) is 4.79 Å². The maximum Gasteiger partial charge on any atom is 0.178 e. The van der Waals surface area contributed by atoms with Gasteiger partial charge in [0.1, 0.15) is 0 Å². The molecular weight excluding hydrogens is 224 g/mol. The molecule has 3 nitrogen and oxygen atoms in total. The molecule has 1 N–H and O–H groups in total. The summed E-state index contributed by atoms with van der Waals surface area (Å²) in [6, 6.07) is 3.02. The molecule has 1 aromatic heterocycles. The molecule has 0 spiro atoms. The number of carbonyl (C=O) groups is 1. The number of hydrogen-bond donors (Lipinski definition) is 1. The van der Waals surface area contributed by atoms with Crippen molar-refractivity contribution in [3.05, 3.63) is 23.0 Å². The molecule has 1 fully saturated rings. The Kier molecular flexibility index (Phi) is 3.91. The Morgan fingerprint density at radius 3 is 2.44 bits per heavy atom. The molecular formula is C15H24N2O. The molecule has 0 aliphatic carbocycles. The van der Waals surface area contributed by atoms with Gasteiger partial charge in [-0.05, 0) is 46.6 Å². The Balaban J connectivity index is 2.08. The first-order chi connectivity index (χ1) is 8.49. The van der Waals surface area contributed by atoms with Gasteiger partial charge in [0, 0.05) is 29.0 Å². The van der Waals surface area contributed by atoms with Crippen LogP contribution >= 0.6 is 0 Å². The number of aryl methyl sites for hydroxylation is 2. The van der Waals surface area contributed by atoms with Crippen molar-refractivity contribution in [1.29, 1.82) is 0 Å². The van der Waals surface area contributed by atoms with Crippen LogP contribution in [0.5, 0.6) is 0 Å². The van der Waals surface area contributed by atoms with Crippen molar-refractivity contribution in [3.8, 4) is 0 Å². The van der Waals surface area contributed by atoms with Gasteiger partial charge in [0.15, 0.2) is 5.78 Å². The number of likely N-dealkylation sites (tertiary alicyclic amines) is 1. The van der Waals surface area contributed by atoms with E-state index in [0.717, 1.165) is 17.0 Å². The lowest BCUT2D eigenvalue weighted by Crippen LogP contribution is -2.46. The molecule has 0 amide bonds. The Labute approximate surface area is 110 Å². The molecule has 1 aliphatic rings. The van der Waals surface area contributed by atoms with Crippen molar-refractivity contribution in [1.82, 2.24) is 9.88 Å². The summed E-state index contributed by atoms with van der Waals surface area (Å²) in [7, 11) is 0. The molecule has 1 aromatic rings. The van der Waals surface area contributed by atoms with E-state index in [0.29, 0.717) is 18.6 Å². The molecule has 1 aliphatic heterocycles. The van der Waals surface area contributed by atoms with Gasteiger partial charge in [-0.25, -0.2) is 0 Å². The van der Waals surface area contributed by atoms with Gasteiger partial charge in [0.25, 0.3) is 0 Å². The minimum atomic E-state index is 0.248. The van der Waals surface area contributed by atoms with Crippen LogP contribution in [0, 0.1) is 13.8 Å². The molecule has 18 heavy (non-hydrogen) atoms. The monoisotopic (exact) mass is 248 g/mol. The first-order valence-electron chi connectivity index (χ1n) is 6.94. The van der Waals surface area contributed by atoms with Crippen LogP contribution in [-0.2, 0) is 0 Å². The van der Waals surface area contributed by atoms with E-state index in [2.05, 4.69) is 23.7 Å². The van der Waals surface area contributed by atoms with Crippen LogP contribution in [0.25, 0.3) is 0 Å². The minimum absolute atomic E-state index is 0.248. The second-order valence-corrected chi connectivity index (χ2v) is 5.72. The third-order valence-corrected chi connectivity index (χ3v) is 4.15. The highest BCUT2D eigenvalue weighted by molar-refractivity contribution is 5.98. The van der Waals surface area contributed by atoms with E-state index in [1.807, 2.05) is 19.9 Å². The predicted molar refractivity (Wildman–Crippen MR) is 74.1 cm³/mol. The number of nitrogens with one attached hydrogen (secondary N) is 1. The Morgan fingerprint density at radius 1 is 1.33 bits per heavy atom. The number of aromatic amines is 1. The van der Waals surface area contributed by atoms with Crippen LogP contribution in [0.1, 0.15) is 54.9 Å². The van der Waals surface area contributed by atoms with Gasteiger partial charge < -0.3 is 4.98 Å². The fourth-order valence-electron chi connectivity index (χ4n) is 3.05. The first kappa shape index (κ1) is 13.3. The standard InChI is InChI=1S/C15H24N2O/c1-10-8-14(13(4)16-10)15(18)9-17-11(2)6-5-7-12(17)3/h8,11-12,16H,5-7,9H2,1-4H3/t11-,12+. The molecule has 0 bridgehead atoms. The average Bonchev–Trinajstić information content (AvgIpc) is 2.63. The lowest BCUT2D eigenvalue weighted by molar-refractivity contribution is 0.0734. The van der Waals surface area contributed by atoms with Crippen molar-refractivity contribution in [2.75, 3.05) is 6.54 Å². The van der Waals surface area contributed by atoms with E-state index in [4.69, 9.17) is 0 Å². The van der Waals surface area contributed by atoms with E-state index in [1.165, 1.54) is 19.3 Å². The van der Waals surface area contributed by atoms with Gasteiger partial charge in [0.2, 0.25) is 0 Å². The minimum Gasteiger partial charge on any atom is -0.362 e. The number of aromatic nitrogens is 1. The van der Waals surface area contributed by atoms with Crippen LogP contribution in [0.2, 0.25) is 0 Å². The molecule has 0 saturated carbocycles. The number of piperidine rings is 1. The van der Waals surface area contributed by atoms with E-state index < -0.39 is 0 Å². The second-order valence-electron chi connectivity index (χ2n) is 5.72. The second kappa shape index (κ2) is 5.27. The number of nitrogens with zero attached hydrogens (tertiary/aromatic N) is 1. The molecule has 2 rings (SSSR count). The van der Waals surface area contributed by atoms with Gasteiger partial charge in [-0.1, -0.05) is 6.42 Å². The Hall–Kier alpha value is -1.09. The normalized spacial score (nSPS) is 25.3. The highest BCUT2D eigenvalue weighted by Crippen LogP contribution is 2.23. The third kappa shape index (κ3) is 2.66. The summed E-state index contributed by atoms with van der Waals surface area (Å²) >= 11 is 0. The zero-order valence-corrected chi connectivity index (χ0v) is 11.9. The summed E-state index contributed by atoms with van der Waals surface area (Å²) in [5.74, 6) is 0.248. The SMILES string of the molecule is Cc1cc(C(=O)CN2[C@H](C)CCC[C@@H]2C)c(C)[nH]1. The maximum atomic E-state index is 12.4. The smallest absolute Gasteiger partial charge is 0.178 e. The van der Waals surface area contributed by atoms with Crippen LogP contribution in [0.15, 0.2) is 6.07 Å². The summed E-state index contributed by atoms with van der Waals surface area (Å²) in [6.07, 6.45) is 3.71. The summed E-state index contributed by atoms with van der Waals surface area (Å²) in [6.45, 7) is 9.00. The number of Topliss-reactive ketones (excluding diaryl/α,β-unsaturated/α-hetero) is 1. The quantitative estimate of drug-likeness (QED) is 0.834. The maximum absolute atomic E-state index is 12.4. The van der Waals surface area contributed by atoms with Crippen molar-refractivity contribution < 1.29 is 4.79 Å². The molecule has 2 atom stereocenters. The lowest BCUT2D eigenvalue weighted by Gasteiger charge is -2.38. The fourth-order valence-corrected chi connectivity index (χ4v) is 3.05. The molecule has 1 saturated heterocycles. The molecule has 3 heteroatoms. The van der Waals surface area contributed by atoms with E-state index >= 15 is 0 Å². The fraction of sp³-hybridized carbons (Fsp3) is 0.667. The largest absolute Gasteiger partial charge is 0.362 e. The molecule has 100 valence electrons. The first-order valence-corrected chi connectivity index (χ1v) is 6.94. The van der Waals surface area contributed by atoms with Crippen molar-refractivity contribution >= 4 is 5.78 Å². The Bertz CT molecular complexity index is 426. The van der Waals surface area contributed by atoms with Crippen LogP contribution in [0.4, 0.5) is 0 Å². The molecule has 0 radical (unpaired) electrons. The van der Waals surface area contributed by atoms with Crippen LogP contribution in [-0.4, -0.2) is 34.3 Å². The summed E-state index contributed by atoms with van der Waals surface area (Å²) in [5.41, 5.74) is 2.92. The van der Waals surface area contributed by atoms with Crippen LogP contribution in [0.3, 0.4) is 0 Å². The average molecular weight is 248 g/mol. The summed E-state index contributed by atoms with van der Waals surface area (Å²) in [4.78, 5) is 17.9. The number of H-pyrrole nitrogens is 1.